The van der Waals surface area contributed by atoms with Crippen LogP contribution in [0.4, 0.5) is 0 Å². The lowest BCUT2D eigenvalue weighted by molar-refractivity contribution is 0.696. The van der Waals surface area contributed by atoms with Crippen molar-refractivity contribution < 1.29 is 0 Å². The Labute approximate surface area is 90.0 Å². The summed E-state index contributed by atoms with van der Waals surface area (Å²) in [5, 5.41) is 0. The molecule has 2 rings (SSSR count). The minimum absolute atomic E-state index is 0.424. The van der Waals surface area contributed by atoms with E-state index in [1.165, 1.54) is 11.4 Å². The summed E-state index contributed by atoms with van der Waals surface area (Å²) in [6.45, 7) is 3.77. The molecule has 0 radical (unpaired) electrons. The van der Waals surface area contributed by atoms with Gasteiger partial charge in [0.1, 0.15) is 0 Å². The van der Waals surface area contributed by atoms with Gasteiger partial charge in [-0.15, -0.1) is 6.58 Å². The summed E-state index contributed by atoms with van der Waals surface area (Å²) in [4.78, 5) is 6.56. The molecule has 0 fully saturated rings. The Kier molecular flexibility index (Phi) is 3.08. The number of hydrogen-bond donors (Lipinski definition) is 2. The highest BCUT2D eigenvalue weighted by Gasteiger charge is 2.14. The first kappa shape index (κ1) is 9.84. The van der Waals surface area contributed by atoms with Crippen LogP contribution < -0.4 is 0 Å². The Hall–Kier alpha value is -1.70. The molecule has 0 amide bonds. The summed E-state index contributed by atoms with van der Waals surface area (Å²) in [6.07, 6.45) is 8.03. The highest BCUT2D eigenvalue weighted by atomic mass is 14.7. The van der Waals surface area contributed by atoms with E-state index in [0.29, 0.717) is 5.92 Å². The van der Waals surface area contributed by atoms with Crippen LogP contribution in [0.2, 0.25) is 0 Å². The van der Waals surface area contributed by atoms with E-state index in [4.69, 9.17) is 0 Å². The first-order valence-corrected chi connectivity index (χ1v) is 5.29. The number of allylic oxidation sites excluding steroid dienone is 1. The summed E-state index contributed by atoms with van der Waals surface area (Å²) < 4.78 is 0. The average Bonchev–Trinajstić information content (AvgIpc) is 2.90. The molecule has 15 heavy (non-hydrogen) atoms. The monoisotopic (exact) mass is 200 g/mol. The molecule has 0 saturated heterocycles. The SMILES string of the molecule is C=CCCC(c1ccc[nH]1)c1ccc[nH]1. The third-order valence-electron chi connectivity index (χ3n) is 2.65. The summed E-state index contributed by atoms with van der Waals surface area (Å²) in [6, 6.07) is 8.35. The van der Waals surface area contributed by atoms with Gasteiger partial charge in [-0.25, -0.2) is 0 Å². The molecule has 2 N–H and O–H groups in total. The first-order valence-electron chi connectivity index (χ1n) is 5.29. The van der Waals surface area contributed by atoms with Gasteiger partial charge in [0.15, 0.2) is 0 Å². The molecule has 2 heteroatoms. The van der Waals surface area contributed by atoms with Crippen LogP contribution in [-0.4, -0.2) is 9.97 Å². The number of aromatic nitrogens is 2. The van der Waals surface area contributed by atoms with Crippen LogP contribution in [0.5, 0.6) is 0 Å². The van der Waals surface area contributed by atoms with Crippen LogP contribution in [0.15, 0.2) is 49.3 Å². The molecule has 0 saturated carbocycles. The molecule has 0 atom stereocenters. The third-order valence-corrected chi connectivity index (χ3v) is 2.65. The summed E-state index contributed by atoms with van der Waals surface area (Å²) in [7, 11) is 0. The molecular weight excluding hydrogens is 184 g/mol. The summed E-state index contributed by atoms with van der Waals surface area (Å²) in [5.74, 6) is 0.424. The van der Waals surface area contributed by atoms with E-state index in [1.807, 2.05) is 30.6 Å². The second-order valence-electron chi connectivity index (χ2n) is 3.67. The average molecular weight is 200 g/mol. The van der Waals surface area contributed by atoms with Crippen molar-refractivity contribution in [2.75, 3.05) is 0 Å². The van der Waals surface area contributed by atoms with E-state index >= 15 is 0 Å². The summed E-state index contributed by atoms with van der Waals surface area (Å²) >= 11 is 0. The standard InChI is InChI=1S/C13H16N2/c1-2-3-6-11(12-7-4-9-14-12)13-8-5-10-15-13/h2,4-5,7-11,14-15H,1,3,6H2. The topological polar surface area (TPSA) is 31.6 Å². The molecule has 0 aliphatic rings. The quantitative estimate of drug-likeness (QED) is 0.693. The zero-order chi connectivity index (χ0) is 10.5. The molecule has 0 aliphatic carbocycles. The van der Waals surface area contributed by atoms with Crippen molar-refractivity contribution in [3.63, 3.8) is 0 Å². The Bertz CT molecular complexity index is 350. The van der Waals surface area contributed by atoms with Gasteiger partial charge in [-0.05, 0) is 37.1 Å². The molecule has 2 nitrogen and oxygen atoms in total. The van der Waals surface area contributed by atoms with Gasteiger partial charge < -0.3 is 9.97 Å². The van der Waals surface area contributed by atoms with Crippen molar-refractivity contribution in [3.05, 3.63) is 60.7 Å². The van der Waals surface area contributed by atoms with Gasteiger partial charge in [0.25, 0.3) is 0 Å². The molecular formula is C13H16N2. The van der Waals surface area contributed by atoms with Crippen LogP contribution >= 0.6 is 0 Å². The fourth-order valence-corrected chi connectivity index (χ4v) is 1.89. The molecule has 0 aromatic carbocycles. The lowest BCUT2D eigenvalue weighted by Crippen LogP contribution is -2.01. The second-order valence-corrected chi connectivity index (χ2v) is 3.67. The van der Waals surface area contributed by atoms with Crippen molar-refractivity contribution in [2.24, 2.45) is 0 Å². The van der Waals surface area contributed by atoms with Crippen LogP contribution in [0.3, 0.4) is 0 Å². The lowest BCUT2D eigenvalue weighted by Gasteiger charge is -2.13. The van der Waals surface area contributed by atoms with Crippen LogP contribution in [0, 0.1) is 0 Å². The van der Waals surface area contributed by atoms with E-state index in [9.17, 15) is 0 Å². The largest absolute Gasteiger partial charge is 0.364 e. The molecule has 0 aliphatic heterocycles. The Morgan fingerprint density at radius 2 is 1.73 bits per heavy atom. The van der Waals surface area contributed by atoms with Gasteiger partial charge in [-0.1, -0.05) is 6.08 Å². The normalized spacial score (nSPS) is 10.7. The van der Waals surface area contributed by atoms with Gasteiger partial charge in [0.05, 0.1) is 0 Å². The van der Waals surface area contributed by atoms with Gasteiger partial charge >= 0.3 is 0 Å². The predicted octanol–water partition coefficient (Wildman–Crippen LogP) is 3.44. The van der Waals surface area contributed by atoms with Crippen molar-refractivity contribution in [1.82, 2.24) is 9.97 Å². The maximum absolute atomic E-state index is 3.77. The van der Waals surface area contributed by atoms with E-state index in [0.717, 1.165) is 12.8 Å². The van der Waals surface area contributed by atoms with Crippen LogP contribution in [-0.2, 0) is 0 Å². The fraction of sp³-hybridized carbons (Fsp3) is 0.231. The van der Waals surface area contributed by atoms with Gasteiger partial charge in [0.2, 0.25) is 0 Å². The first-order chi connectivity index (χ1) is 7.42. The lowest BCUT2D eigenvalue weighted by atomic mass is 9.96. The minimum Gasteiger partial charge on any atom is -0.364 e. The zero-order valence-corrected chi connectivity index (χ0v) is 8.74. The maximum Gasteiger partial charge on any atom is 0.0394 e. The van der Waals surface area contributed by atoms with Crippen molar-refractivity contribution in [2.45, 2.75) is 18.8 Å². The Balaban J connectivity index is 2.20. The van der Waals surface area contributed by atoms with E-state index in [-0.39, 0.29) is 0 Å². The third kappa shape index (κ3) is 2.21. The molecule has 2 aromatic rings. The number of aromatic amines is 2. The Morgan fingerprint density at radius 3 is 2.13 bits per heavy atom. The molecule has 78 valence electrons. The molecule has 2 heterocycles. The molecule has 2 aromatic heterocycles. The van der Waals surface area contributed by atoms with Crippen LogP contribution in [0.25, 0.3) is 0 Å². The molecule has 0 spiro atoms. The van der Waals surface area contributed by atoms with E-state index in [1.54, 1.807) is 0 Å². The van der Waals surface area contributed by atoms with E-state index < -0.39 is 0 Å². The van der Waals surface area contributed by atoms with Crippen molar-refractivity contribution in [1.29, 1.82) is 0 Å². The second kappa shape index (κ2) is 4.69. The number of H-pyrrole nitrogens is 2. The minimum atomic E-state index is 0.424. The maximum atomic E-state index is 3.77. The zero-order valence-electron chi connectivity index (χ0n) is 8.74. The van der Waals surface area contributed by atoms with Gasteiger partial charge in [-0.3, -0.25) is 0 Å². The number of rotatable bonds is 5. The van der Waals surface area contributed by atoms with E-state index in [2.05, 4.69) is 28.7 Å². The van der Waals surface area contributed by atoms with Gasteiger partial charge in [0, 0.05) is 29.7 Å². The molecule has 0 bridgehead atoms. The predicted molar refractivity (Wildman–Crippen MR) is 62.9 cm³/mol. The van der Waals surface area contributed by atoms with Crippen LogP contribution in [0.1, 0.15) is 30.1 Å². The summed E-state index contributed by atoms with van der Waals surface area (Å²) in [5.41, 5.74) is 2.53. The number of hydrogen-bond acceptors (Lipinski definition) is 0. The van der Waals surface area contributed by atoms with Gasteiger partial charge in [-0.2, -0.15) is 0 Å². The smallest absolute Gasteiger partial charge is 0.0394 e. The highest BCUT2D eigenvalue weighted by Crippen LogP contribution is 2.26. The van der Waals surface area contributed by atoms with Crippen molar-refractivity contribution in [3.8, 4) is 0 Å². The highest BCUT2D eigenvalue weighted by molar-refractivity contribution is 5.23. The molecule has 0 unspecified atom stereocenters. The van der Waals surface area contributed by atoms with Crippen molar-refractivity contribution >= 4 is 0 Å². The number of nitrogens with one attached hydrogen (secondary N) is 2. The fourth-order valence-electron chi connectivity index (χ4n) is 1.89. The Morgan fingerprint density at radius 1 is 1.13 bits per heavy atom.